The van der Waals surface area contributed by atoms with E-state index >= 15 is 0 Å². The maximum absolute atomic E-state index is 10.6. The third-order valence-corrected chi connectivity index (χ3v) is 3.06. The topological polar surface area (TPSA) is 57.5 Å². The van der Waals surface area contributed by atoms with Crippen LogP contribution in [0, 0.1) is 0 Å². The summed E-state index contributed by atoms with van der Waals surface area (Å²) in [6.45, 7) is 0. The lowest BCUT2D eigenvalue weighted by Gasteiger charge is -2.16. The van der Waals surface area contributed by atoms with E-state index in [0.717, 1.165) is 0 Å². The van der Waals surface area contributed by atoms with Gasteiger partial charge in [0, 0.05) is 5.56 Å². The molecule has 2 N–H and O–H groups in total. The molecule has 1 heterocycles. The number of thiophene rings is 1. The van der Waals surface area contributed by atoms with Gasteiger partial charge in [0.25, 0.3) is 0 Å². The Morgan fingerprint density at radius 3 is 2.86 bits per heavy atom. The fraction of sp³-hybridized carbons (Fsp3) is 0.444. The number of hydrogen-bond acceptors (Lipinski definition) is 5. The first-order valence-corrected chi connectivity index (χ1v) is 5.71. The summed E-state index contributed by atoms with van der Waals surface area (Å²) in [5, 5.41) is 20.9. The van der Waals surface area contributed by atoms with E-state index in [0.29, 0.717) is 28.9 Å². The van der Waals surface area contributed by atoms with Gasteiger partial charge in [0.2, 0.25) is 0 Å². The molecule has 1 aromatic rings. The first kappa shape index (κ1) is 11.7. The zero-order valence-corrected chi connectivity index (χ0v) is 9.17. The molecular formula is C9H12O3S2. The van der Waals surface area contributed by atoms with Gasteiger partial charge in [0.1, 0.15) is 6.10 Å². The zero-order valence-electron chi connectivity index (χ0n) is 7.46. The van der Waals surface area contributed by atoms with Crippen LogP contribution in [0.2, 0.25) is 0 Å². The molecule has 0 aliphatic rings. The second-order valence-corrected chi connectivity index (χ2v) is 4.28. The average molecular weight is 232 g/mol. The van der Waals surface area contributed by atoms with Gasteiger partial charge in [-0.2, -0.15) is 12.6 Å². The van der Waals surface area contributed by atoms with Gasteiger partial charge in [-0.3, -0.25) is 4.79 Å². The predicted octanol–water partition coefficient (Wildman–Crippen LogP) is 1.27. The van der Waals surface area contributed by atoms with Crippen molar-refractivity contribution in [2.24, 2.45) is 0 Å². The number of aldehydes is 1. The summed E-state index contributed by atoms with van der Waals surface area (Å²) in [6, 6.07) is 1.65. The Bertz CT molecular complexity index is 298. The number of thiol groups is 1. The maximum atomic E-state index is 10.6. The van der Waals surface area contributed by atoms with Crippen LogP contribution in [0.25, 0.3) is 0 Å². The smallest absolute Gasteiger partial charge is 0.160 e. The number of carbonyl (C=O) groups excluding carboxylic acids is 1. The summed E-state index contributed by atoms with van der Waals surface area (Å²) in [5.41, 5.74) is 0.499. The Morgan fingerprint density at radius 1 is 1.57 bits per heavy atom. The Morgan fingerprint density at radius 2 is 2.29 bits per heavy atom. The van der Waals surface area contributed by atoms with Crippen molar-refractivity contribution in [2.75, 3.05) is 5.75 Å². The molecule has 3 nitrogen and oxygen atoms in total. The second kappa shape index (κ2) is 5.50. The van der Waals surface area contributed by atoms with Crippen LogP contribution in [-0.2, 0) is 0 Å². The number of aliphatic hydroxyl groups excluding tert-OH is 2. The highest BCUT2D eigenvalue weighted by molar-refractivity contribution is 7.80. The lowest BCUT2D eigenvalue weighted by Crippen LogP contribution is -2.19. The van der Waals surface area contributed by atoms with E-state index in [9.17, 15) is 15.0 Å². The fourth-order valence-electron chi connectivity index (χ4n) is 1.17. The number of rotatable bonds is 5. The molecule has 0 aliphatic carbocycles. The summed E-state index contributed by atoms with van der Waals surface area (Å²) in [5.74, 6) is 0.499. The number of carbonyl (C=O) groups is 1. The van der Waals surface area contributed by atoms with Crippen molar-refractivity contribution >= 4 is 30.3 Å². The molecule has 1 rings (SSSR count). The molecule has 0 radical (unpaired) electrons. The zero-order chi connectivity index (χ0) is 10.6. The Balaban J connectivity index is 2.77. The molecule has 0 bridgehead atoms. The first-order chi connectivity index (χ1) is 6.70. The van der Waals surface area contributed by atoms with Gasteiger partial charge in [-0.25, -0.2) is 0 Å². The standard InChI is InChI=1S/C9H12O3S2/c10-5-8-6(2-4-14-8)9(12)7(11)1-3-13/h2,4-5,7,9,11-13H,1,3H2. The summed E-state index contributed by atoms with van der Waals surface area (Å²) in [7, 11) is 0. The van der Waals surface area contributed by atoms with Crippen molar-refractivity contribution in [3.05, 3.63) is 21.9 Å². The van der Waals surface area contributed by atoms with E-state index < -0.39 is 12.2 Å². The molecule has 2 unspecified atom stereocenters. The number of hydrogen-bond donors (Lipinski definition) is 3. The Hall–Kier alpha value is -0.360. The van der Waals surface area contributed by atoms with Gasteiger partial charge in [-0.15, -0.1) is 11.3 Å². The van der Waals surface area contributed by atoms with E-state index in [-0.39, 0.29) is 0 Å². The van der Waals surface area contributed by atoms with Crippen LogP contribution >= 0.6 is 24.0 Å². The van der Waals surface area contributed by atoms with Crippen LogP contribution in [0.3, 0.4) is 0 Å². The summed E-state index contributed by atoms with van der Waals surface area (Å²) < 4.78 is 0. The Labute approximate surface area is 91.8 Å². The van der Waals surface area contributed by atoms with E-state index in [2.05, 4.69) is 12.6 Å². The van der Waals surface area contributed by atoms with Crippen molar-refractivity contribution in [2.45, 2.75) is 18.6 Å². The van der Waals surface area contributed by atoms with Crippen molar-refractivity contribution in [1.29, 1.82) is 0 Å². The van der Waals surface area contributed by atoms with Crippen molar-refractivity contribution in [3.8, 4) is 0 Å². The van der Waals surface area contributed by atoms with Crippen LogP contribution in [-0.4, -0.2) is 28.4 Å². The van der Waals surface area contributed by atoms with Crippen LogP contribution < -0.4 is 0 Å². The van der Waals surface area contributed by atoms with Gasteiger partial charge < -0.3 is 10.2 Å². The molecule has 0 spiro atoms. The monoisotopic (exact) mass is 232 g/mol. The average Bonchev–Trinajstić information content (AvgIpc) is 2.64. The molecule has 0 saturated heterocycles. The minimum Gasteiger partial charge on any atom is -0.390 e. The molecule has 0 saturated carbocycles. The molecule has 2 atom stereocenters. The fourth-order valence-corrected chi connectivity index (χ4v) is 2.17. The third kappa shape index (κ3) is 2.57. The third-order valence-electron chi connectivity index (χ3n) is 1.94. The van der Waals surface area contributed by atoms with Crippen molar-refractivity contribution in [3.63, 3.8) is 0 Å². The highest BCUT2D eigenvalue weighted by atomic mass is 32.1. The molecule has 0 aliphatic heterocycles. The lowest BCUT2D eigenvalue weighted by atomic mass is 10.0. The highest BCUT2D eigenvalue weighted by Crippen LogP contribution is 2.25. The molecule has 0 amide bonds. The molecule has 78 valence electrons. The summed E-state index contributed by atoms with van der Waals surface area (Å²) in [6.07, 6.45) is -0.760. The first-order valence-electron chi connectivity index (χ1n) is 4.20. The molecule has 5 heteroatoms. The molecule has 14 heavy (non-hydrogen) atoms. The second-order valence-electron chi connectivity index (χ2n) is 2.88. The van der Waals surface area contributed by atoms with E-state index in [4.69, 9.17) is 0 Å². The lowest BCUT2D eigenvalue weighted by molar-refractivity contribution is 0.0172. The van der Waals surface area contributed by atoms with Crippen LogP contribution in [0.5, 0.6) is 0 Å². The van der Waals surface area contributed by atoms with Gasteiger partial charge in [0.05, 0.1) is 11.0 Å². The van der Waals surface area contributed by atoms with Gasteiger partial charge in [-0.05, 0) is 23.6 Å². The minimum absolute atomic E-state index is 0.401. The molecule has 0 fully saturated rings. The molecule has 1 aromatic heterocycles. The quantitative estimate of drug-likeness (QED) is 0.529. The van der Waals surface area contributed by atoms with Gasteiger partial charge >= 0.3 is 0 Å². The van der Waals surface area contributed by atoms with Crippen LogP contribution in [0.4, 0.5) is 0 Å². The molecule has 0 aromatic carbocycles. The predicted molar refractivity (Wildman–Crippen MR) is 59.1 cm³/mol. The largest absolute Gasteiger partial charge is 0.390 e. The van der Waals surface area contributed by atoms with Crippen LogP contribution in [0.15, 0.2) is 11.4 Å². The number of aliphatic hydroxyl groups is 2. The van der Waals surface area contributed by atoms with E-state index in [1.165, 1.54) is 11.3 Å². The maximum Gasteiger partial charge on any atom is 0.160 e. The van der Waals surface area contributed by atoms with Crippen molar-refractivity contribution < 1.29 is 15.0 Å². The van der Waals surface area contributed by atoms with E-state index in [1.807, 2.05) is 0 Å². The van der Waals surface area contributed by atoms with E-state index in [1.54, 1.807) is 11.4 Å². The summed E-state index contributed by atoms with van der Waals surface area (Å²) in [4.78, 5) is 11.0. The Kier molecular flexibility index (Phi) is 4.60. The summed E-state index contributed by atoms with van der Waals surface area (Å²) >= 11 is 5.22. The highest BCUT2D eigenvalue weighted by Gasteiger charge is 2.20. The van der Waals surface area contributed by atoms with Crippen molar-refractivity contribution in [1.82, 2.24) is 0 Å². The normalized spacial score (nSPS) is 15.1. The van der Waals surface area contributed by atoms with Gasteiger partial charge in [0.15, 0.2) is 6.29 Å². The molecular weight excluding hydrogens is 220 g/mol. The van der Waals surface area contributed by atoms with Gasteiger partial charge in [-0.1, -0.05) is 0 Å². The minimum atomic E-state index is -0.992. The van der Waals surface area contributed by atoms with Crippen LogP contribution in [0.1, 0.15) is 27.8 Å². The SMILES string of the molecule is O=Cc1sccc1C(O)C(O)CCS.